The molecule has 0 heterocycles. The molecule has 5 heteroatoms. The molecule has 0 aromatic heterocycles. The van der Waals surface area contributed by atoms with Crippen molar-refractivity contribution in [2.75, 3.05) is 0 Å². The Kier molecular flexibility index (Phi) is 4.71. The van der Waals surface area contributed by atoms with Gasteiger partial charge in [-0.1, -0.05) is 13.3 Å². The van der Waals surface area contributed by atoms with Crippen LogP contribution in [-0.2, 0) is 4.79 Å². The summed E-state index contributed by atoms with van der Waals surface area (Å²) in [7, 11) is 0. The first-order valence-corrected chi connectivity index (χ1v) is 5.79. The zero-order valence-electron chi connectivity index (χ0n) is 10.4. The summed E-state index contributed by atoms with van der Waals surface area (Å²) in [6, 6.07) is 3.46. The molecule has 0 bridgehead atoms. The number of aliphatic carboxylic acids is 1. The van der Waals surface area contributed by atoms with Gasteiger partial charge < -0.3 is 15.5 Å². The molecule has 0 radical (unpaired) electrons. The predicted molar refractivity (Wildman–Crippen MR) is 66.6 cm³/mol. The molecule has 0 unspecified atom stereocenters. The molecule has 0 saturated carbocycles. The average molecular weight is 251 g/mol. The number of carbonyl (C=O) groups is 2. The summed E-state index contributed by atoms with van der Waals surface area (Å²) in [5, 5.41) is 20.7. The van der Waals surface area contributed by atoms with Crippen LogP contribution in [0.4, 0.5) is 0 Å². The lowest BCUT2D eigenvalue weighted by molar-refractivity contribution is -0.139. The van der Waals surface area contributed by atoms with E-state index < -0.39 is 17.9 Å². The van der Waals surface area contributed by atoms with E-state index in [1.165, 1.54) is 18.2 Å². The van der Waals surface area contributed by atoms with Crippen LogP contribution in [-0.4, -0.2) is 28.1 Å². The first-order valence-electron chi connectivity index (χ1n) is 5.79. The van der Waals surface area contributed by atoms with Crippen LogP contribution in [0.15, 0.2) is 18.2 Å². The first-order chi connectivity index (χ1) is 8.45. The van der Waals surface area contributed by atoms with E-state index in [2.05, 4.69) is 5.32 Å². The second-order valence-corrected chi connectivity index (χ2v) is 4.15. The van der Waals surface area contributed by atoms with Gasteiger partial charge in [0.2, 0.25) is 0 Å². The van der Waals surface area contributed by atoms with Crippen molar-refractivity contribution in [3.8, 4) is 5.75 Å². The summed E-state index contributed by atoms with van der Waals surface area (Å²) >= 11 is 0. The molecule has 98 valence electrons. The topological polar surface area (TPSA) is 86.6 Å². The van der Waals surface area contributed by atoms with Crippen LogP contribution in [0, 0.1) is 6.92 Å². The lowest BCUT2D eigenvalue weighted by Gasteiger charge is -2.14. The van der Waals surface area contributed by atoms with Crippen molar-refractivity contribution < 1.29 is 19.8 Å². The van der Waals surface area contributed by atoms with Crippen molar-refractivity contribution >= 4 is 11.9 Å². The monoisotopic (exact) mass is 251 g/mol. The molecule has 18 heavy (non-hydrogen) atoms. The minimum absolute atomic E-state index is 0.0763. The Hall–Kier alpha value is -2.04. The molecule has 0 aliphatic carbocycles. The van der Waals surface area contributed by atoms with E-state index in [0.717, 1.165) is 0 Å². The molecule has 1 amide bonds. The summed E-state index contributed by atoms with van der Waals surface area (Å²) in [5.41, 5.74) is 0.975. The number of rotatable bonds is 5. The molecule has 0 saturated heterocycles. The minimum Gasteiger partial charge on any atom is -0.508 e. The Balaban J connectivity index is 2.83. The van der Waals surface area contributed by atoms with Gasteiger partial charge in [-0.15, -0.1) is 0 Å². The summed E-state index contributed by atoms with van der Waals surface area (Å²) < 4.78 is 0. The van der Waals surface area contributed by atoms with Crippen LogP contribution in [0.25, 0.3) is 0 Å². The van der Waals surface area contributed by atoms with Gasteiger partial charge >= 0.3 is 5.97 Å². The van der Waals surface area contributed by atoms with Crippen molar-refractivity contribution in [2.45, 2.75) is 32.7 Å². The van der Waals surface area contributed by atoms with Crippen molar-refractivity contribution in [3.05, 3.63) is 29.3 Å². The third kappa shape index (κ3) is 3.48. The summed E-state index contributed by atoms with van der Waals surface area (Å²) in [6.45, 7) is 3.54. The Bertz CT molecular complexity index is 456. The van der Waals surface area contributed by atoms with Gasteiger partial charge in [-0.05, 0) is 37.1 Å². The zero-order valence-corrected chi connectivity index (χ0v) is 10.4. The standard InChI is InChI=1S/C13H17NO4/c1-3-4-11(13(17)18)14-12(16)10-6-5-9(15)7-8(10)2/h5-7,11,15H,3-4H2,1-2H3,(H,14,16)(H,17,18)/t11-/m0/s1. The smallest absolute Gasteiger partial charge is 0.326 e. The number of phenols is 1. The van der Waals surface area contributed by atoms with Gasteiger partial charge in [-0.3, -0.25) is 4.79 Å². The first kappa shape index (κ1) is 14.0. The molecule has 0 aliphatic heterocycles. The summed E-state index contributed by atoms with van der Waals surface area (Å²) in [6.07, 6.45) is 1.06. The maximum atomic E-state index is 11.9. The average Bonchev–Trinajstić information content (AvgIpc) is 2.27. The Morgan fingerprint density at radius 3 is 2.56 bits per heavy atom. The maximum absolute atomic E-state index is 11.9. The number of aryl methyl sites for hydroxylation is 1. The number of benzene rings is 1. The summed E-state index contributed by atoms with van der Waals surface area (Å²) in [4.78, 5) is 22.9. The lowest BCUT2D eigenvalue weighted by Crippen LogP contribution is -2.40. The quantitative estimate of drug-likeness (QED) is 0.743. The van der Waals surface area contributed by atoms with Crippen LogP contribution in [0.1, 0.15) is 35.7 Å². The number of amides is 1. The minimum atomic E-state index is -1.04. The fraction of sp³-hybridized carbons (Fsp3) is 0.385. The van der Waals surface area contributed by atoms with Crippen LogP contribution in [0.3, 0.4) is 0 Å². The number of aromatic hydroxyl groups is 1. The number of hydrogen-bond acceptors (Lipinski definition) is 3. The maximum Gasteiger partial charge on any atom is 0.326 e. The number of nitrogens with one attached hydrogen (secondary N) is 1. The van der Waals surface area contributed by atoms with Gasteiger partial charge in [0.05, 0.1) is 0 Å². The second kappa shape index (κ2) is 6.05. The van der Waals surface area contributed by atoms with E-state index >= 15 is 0 Å². The molecule has 1 rings (SSSR count). The molecule has 3 N–H and O–H groups in total. The van der Waals surface area contributed by atoms with Gasteiger partial charge in [0, 0.05) is 5.56 Å². The third-order valence-corrected chi connectivity index (χ3v) is 2.64. The van der Waals surface area contributed by atoms with E-state index in [4.69, 9.17) is 5.11 Å². The fourth-order valence-corrected chi connectivity index (χ4v) is 1.68. The van der Waals surface area contributed by atoms with E-state index in [-0.39, 0.29) is 5.75 Å². The molecule has 0 spiro atoms. The Morgan fingerprint density at radius 2 is 2.06 bits per heavy atom. The van der Waals surface area contributed by atoms with E-state index in [9.17, 15) is 14.7 Å². The number of carbonyl (C=O) groups excluding carboxylic acids is 1. The molecule has 1 aromatic carbocycles. The summed E-state index contributed by atoms with van der Waals surface area (Å²) in [5.74, 6) is -1.40. The third-order valence-electron chi connectivity index (χ3n) is 2.64. The second-order valence-electron chi connectivity index (χ2n) is 4.15. The highest BCUT2D eigenvalue weighted by atomic mass is 16.4. The Morgan fingerprint density at radius 1 is 1.39 bits per heavy atom. The van der Waals surface area contributed by atoms with Crippen LogP contribution in [0.5, 0.6) is 5.75 Å². The molecule has 1 aromatic rings. The largest absolute Gasteiger partial charge is 0.508 e. The molecule has 0 aliphatic rings. The number of phenolic OH excluding ortho intramolecular Hbond substituents is 1. The highest BCUT2D eigenvalue weighted by Gasteiger charge is 2.20. The highest BCUT2D eigenvalue weighted by Crippen LogP contribution is 2.15. The van der Waals surface area contributed by atoms with Gasteiger partial charge in [-0.25, -0.2) is 4.79 Å². The van der Waals surface area contributed by atoms with Crippen molar-refractivity contribution in [1.29, 1.82) is 0 Å². The number of carboxylic acids is 1. The molecule has 1 atom stereocenters. The van der Waals surface area contributed by atoms with Crippen LogP contribution < -0.4 is 5.32 Å². The lowest BCUT2D eigenvalue weighted by atomic mass is 10.1. The number of carboxylic acid groups (broad SMARTS) is 1. The van der Waals surface area contributed by atoms with E-state index in [0.29, 0.717) is 24.0 Å². The predicted octanol–water partition coefficient (Wildman–Crippen LogP) is 1.68. The van der Waals surface area contributed by atoms with Crippen LogP contribution >= 0.6 is 0 Å². The molecular weight excluding hydrogens is 234 g/mol. The van der Waals surface area contributed by atoms with Crippen molar-refractivity contribution in [3.63, 3.8) is 0 Å². The normalized spacial score (nSPS) is 11.9. The van der Waals surface area contributed by atoms with E-state index in [1.807, 2.05) is 6.92 Å². The van der Waals surface area contributed by atoms with Crippen molar-refractivity contribution in [1.82, 2.24) is 5.32 Å². The Labute approximate surface area is 105 Å². The molecular formula is C13H17NO4. The molecule has 5 nitrogen and oxygen atoms in total. The number of hydrogen-bond donors (Lipinski definition) is 3. The SMILES string of the molecule is CCC[C@H](NC(=O)c1ccc(O)cc1C)C(=O)O. The molecule has 0 fully saturated rings. The fourth-order valence-electron chi connectivity index (χ4n) is 1.68. The van der Waals surface area contributed by atoms with Gasteiger partial charge in [0.25, 0.3) is 5.91 Å². The van der Waals surface area contributed by atoms with Crippen molar-refractivity contribution in [2.24, 2.45) is 0 Å². The van der Waals surface area contributed by atoms with E-state index in [1.54, 1.807) is 6.92 Å². The van der Waals surface area contributed by atoms with Crippen LogP contribution in [0.2, 0.25) is 0 Å². The van der Waals surface area contributed by atoms with Gasteiger partial charge in [0.15, 0.2) is 0 Å². The highest BCUT2D eigenvalue weighted by molar-refractivity contribution is 5.97. The van der Waals surface area contributed by atoms with Gasteiger partial charge in [-0.2, -0.15) is 0 Å². The van der Waals surface area contributed by atoms with Gasteiger partial charge in [0.1, 0.15) is 11.8 Å². The zero-order chi connectivity index (χ0) is 13.7.